The molecule has 0 saturated carbocycles. The van der Waals surface area contributed by atoms with Gasteiger partial charge in [0.05, 0.1) is 0 Å². The molecule has 2 fully saturated rings. The minimum absolute atomic E-state index is 0.737. The smallest absolute Gasteiger partial charge is 0.0221 e. The SMILES string of the molecule is CC1CN(C(C)C2CCCN2)CCS1. The summed E-state index contributed by atoms with van der Waals surface area (Å²) in [5.41, 5.74) is 0. The van der Waals surface area contributed by atoms with Gasteiger partial charge in [0.1, 0.15) is 0 Å². The Bertz CT molecular complexity index is 180. The van der Waals surface area contributed by atoms with Crippen LogP contribution in [0.3, 0.4) is 0 Å². The fourth-order valence-electron chi connectivity index (χ4n) is 2.59. The molecule has 0 bridgehead atoms. The summed E-state index contributed by atoms with van der Waals surface area (Å²) < 4.78 is 0. The summed E-state index contributed by atoms with van der Waals surface area (Å²) in [5.74, 6) is 1.32. The van der Waals surface area contributed by atoms with Crippen LogP contribution in [0.4, 0.5) is 0 Å². The quantitative estimate of drug-likeness (QED) is 0.751. The van der Waals surface area contributed by atoms with Crippen LogP contribution in [0.2, 0.25) is 0 Å². The monoisotopic (exact) mass is 214 g/mol. The van der Waals surface area contributed by atoms with E-state index in [-0.39, 0.29) is 0 Å². The van der Waals surface area contributed by atoms with E-state index in [0.29, 0.717) is 0 Å². The maximum Gasteiger partial charge on any atom is 0.0221 e. The highest BCUT2D eigenvalue weighted by Crippen LogP contribution is 2.22. The highest BCUT2D eigenvalue weighted by atomic mass is 32.2. The van der Waals surface area contributed by atoms with E-state index in [0.717, 1.165) is 17.3 Å². The molecule has 3 heteroatoms. The Morgan fingerprint density at radius 2 is 2.36 bits per heavy atom. The molecule has 2 saturated heterocycles. The van der Waals surface area contributed by atoms with Gasteiger partial charge in [0.15, 0.2) is 0 Å². The zero-order valence-corrected chi connectivity index (χ0v) is 10.1. The molecular weight excluding hydrogens is 192 g/mol. The van der Waals surface area contributed by atoms with E-state index in [1.165, 1.54) is 38.2 Å². The molecule has 2 nitrogen and oxygen atoms in total. The van der Waals surface area contributed by atoms with Crippen LogP contribution in [-0.4, -0.2) is 47.6 Å². The highest BCUT2D eigenvalue weighted by molar-refractivity contribution is 7.99. The molecule has 0 radical (unpaired) electrons. The van der Waals surface area contributed by atoms with Crippen molar-refractivity contribution in [3.8, 4) is 0 Å². The minimum Gasteiger partial charge on any atom is -0.312 e. The maximum absolute atomic E-state index is 3.62. The van der Waals surface area contributed by atoms with Gasteiger partial charge < -0.3 is 5.32 Å². The van der Waals surface area contributed by atoms with Crippen LogP contribution < -0.4 is 5.32 Å². The predicted octanol–water partition coefficient (Wildman–Crippen LogP) is 1.56. The minimum atomic E-state index is 0.737. The van der Waals surface area contributed by atoms with Gasteiger partial charge in [-0.2, -0.15) is 11.8 Å². The van der Waals surface area contributed by atoms with E-state index in [1.54, 1.807) is 0 Å². The molecule has 0 aromatic carbocycles. The van der Waals surface area contributed by atoms with Crippen LogP contribution in [0, 0.1) is 0 Å². The van der Waals surface area contributed by atoms with E-state index >= 15 is 0 Å². The molecule has 1 N–H and O–H groups in total. The average molecular weight is 214 g/mol. The lowest BCUT2D eigenvalue weighted by atomic mass is 10.1. The van der Waals surface area contributed by atoms with E-state index in [4.69, 9.17) is 0 Å². The summed E-state index contributed by atoms with van der Waals surface area (Å²) in [7, 11) is 0. The van der Waals surface area contributed by atoms with Crippen LogP contribution in [0.25, 0.3) is 0 Å². The van der Waals surface area contributed by atoms with Gasteiger partial charge in [0.2, 0.25) is 0 Å². The first-order chi connectivity index (χ1) is 6.77. The Balaban J connectivity index is 1.86. The molecule has 0 aliphatic carbocycles. The average Bonchev–Trinajstić information content (AvgIpc) is 2.69. The van der Waals surface area contributed by atoms with Crippen molar-refractivity contribution in [2.24, 2.45) is 0 Å². The van der Waals surface area contributed by atoms with Gasteiger partial charge >= 0.3 is 0 Å². The first-order valence-electron chi connectivity index (χ1n) is 5.86. The fraction of sp³-hybridized carbons (Fsp3) is 1.00. The molecular formula is C11H22N2S. The largest absolute Gasteiger partial charge is 0.312 e. The third kappa shape index (κ3) is 2.44. The van der Waals surface area contributed by atoms with Crippen LogP contribution in [0.5, 0.6) is 0 Å². The third-order valence-corrected chi connectivity index (χ3v) is 4.67. The van der Waals surface area contributed by atoms with Crippen molar-refractivity contribution in [2.75, 3.05) is 25.4 Å². The molecule has 3 unspecified atom stereocenters. The number of hydrogen-bond donors (Lipinski definition) is 1. The number of nitrogens with zero attached hydrogens (tertiary/aromatic N) is 1. The number of hydrogen-bond acceptors (Lipinski definition) is 3. The van der Waals surface area contributed by atoms with Crippen molar-refractivity contribution < 1.29 is 0 Å². The molecule has 0 aromatic rings. The molecule has 14 heavy (non-hydrogen) atoms. The molecule has 2 rings (SSSR count). The van der Waals surface area contributed by atoms with Crippen molar-refractivity contribution in [2.45, 2.75) is 44.0 Å². The second-order valence-corrected chi connectivity index (χ2v) is 6.17. The Morgan fingerprint density at radius 3 is 3.00 bits per heavy atom. The lowest BCUT2D eigenvalue weighted by Crippen LogP contribution is -2.50. The summed E-state index contributed by atoms with van der Waals surface area (Å²) >= 11 is 2.12. The van der Waals surface area contributed by atoms with Crippen LogP contribution in [0.15, 0.2) is 0 Å². The summed E-state index contributed by atoms with van der Waals surface area (Å²) in [5, 5.41) is 4.45. The molecule has 2 aliphatic heterocycles. The van der Waals surface area contributed by atoms with E-state index in [2.05, 4.69) is 35.8 Å². The number of thioether (sulfide) groups is 1. The molecule has 82 valence electrons. The van der Waals surface area contributed by atoms with Gasteiger partial charge in [-0.3, -0.25) is 4.90 Å². The molecule has 0 amide bonds. The normalized spacial score (nSPS) is 37.3. The highest BCUT2D eigenvalue weighted by Gasteiger charge is 2.28. The zero-order valence-electron chi connectivity index (χ0n) is 9.33. The van der Waals surface area contributed by atoms with E-state index in [9.17, 15) is 0 Å². The van der Waals surface area contributed by atoms with Crippen molar-refractivity contribution in [3.05, 3.63) is 0 Å². The molecule has 2 heterocycles. The van der Waals surface area contributed by atoms with Gasteiger partial charge in [0, 0.05) is 36.2 Å². The third-order valence-electron chi connectivity index (χ3n) is 3.53. The van der Waals surface area contributed by atoms with E-state index < -0.39 is 0 Å². The maximum atomic E-state index is 3.62. The molecule has 0 aromatic heterocycles. The lowest BCUT2D eigenvalue weighted by molar-refractivity contribution is 0.184. The summed E-state index contributed by atoms with van der Waals surface area (Å²) in [6.07, 6.45) is 2.74. The van der Waals surface area contributed by atoms with Gasteiger partial charge in [-0.15, -0.1) is 0 Å². The Labute approximate surface area is 91.8 Å². The Hall–Kier alpha value is 0.270. The summed E-state index contributed by atoms with van der Waals surface area (Å²) in [6.45, 7) is 8.54. The second-order valence-electron chi connectivity index (χ2n) is 4.62. The van der Waals surface area contributed by atoms with Crippen molar-refractivity contribution >= 4 is 11.8 Å². The van der Waals surface area contributed by atoms with Gasteiger partial charge in [-0.1, -0.05) is 6.92 Å². The van der Waals surface area contributed by atoms with Crippen molar-refractivity contribution in [1.29, 1.82) is 0 Å². The standard InChI is InChI=1S/C11H22N2S/c1-9-8-13(6-7-14-9)10(2)11-4-3-5-12-11/h9-12H,3-8H2,1-2H3. The second kappa shape index (κ2) is 4.86. The number of nitrogens with one attached hydrogen (secondary N) is 1. The first kappa shape index (κ1) is 10.8. The predicted molar refractivity (Wildman–Crippen MR) is 64.0 cm³/mol. The number of rotatable bonds is 2. The van der Waals surface area contributed by atoms with Gasteiger partial charge in [0.25, 0.3) is 0 Å². The van der Waals surface area contributed by atoms with Crippen molar-refractivity contribution in [3.63, 3.8) is 0 Å². The van der Waals surface area contributed by atoms with Crippen LogP contribution >= 0.6 is 11.8 Å². The Kier molecular flexibility index (Phi) is 3.74. The topological polar surface area (TPSA) is 15.3 Å². The van der Waals surface area contributed by atoms with Gasteiger partial charge in [-0.05, 0) is 26.3 Å². The molecule has 0 spiro atoms. The molecule has 2 aliphatic rings. The van der Waals surface area contributed by atoms with Gasteiger partial charge in [-0.25, -0.2) is 0 Å². The zero-order chi connectivity index (χ0) is 9.97. The summed E-state index contributed by atoms with van der Waals surface area (Å²) in [6, 6.07) is 1.49. The lowest BCUT2D eigenvalue weighted by Gasteiger charge is -2.38. The summed E-state index contributed by atoms with van der Waals surface area (Å²) in [4.78, 5) is 2.67. The first-order valence-corrected chi connectivity index (χ1v) is 6.91. The molecule has 3 atom stereocenters. The van der Waals surface area contributed by atoms with E-state index in [1.807, 2.05) is 0 Å². The van der Waals surface area contributed by atoms with Crippen LogP contribution in [0.1, 0.15) is 26.7 Å². The van der Waals surface area contributed by atoms with Crippen molar-refractivity contribution in [1.82, 2.24) is 10.2 Å². The Morgan fingerprint density at radius 1 is 1.50 bits per heavy atom. The van der Waals surface area contributed by atoms with Crippen LogP contribution in [-0.2, 0) is 0 Å². The fourth-order valence-corrected chi connectivity index (χ4v) is 3.63.